The summed E-state index contributed by atoms with van der Waals surface area (Å²) in [5.74, 6) is -34.9. The van der Waals surface area contributed by atoms with Crippen LogP contribution in [0.3, 0.4) is 0 Å². The van der Waals surface area contributed by atoms with Crippen molar-refractivity contribution in [3.63, 3.8) is 0 Å². The molecule has 0 saturated carbocycles. The quantitative estimate of drug-likeness (QED) is 0.348. The van der Waals surface area contributed by atoms with Gasteiger partial charge < -0.3 is 9.84 Å². The van der Waals surface area contributed by atoms with Gasteiger partial charge in [0.05, 0.1) is 0 Å². The molecule has 0 aliphatic carbocycles. The smallest absolute Gasteiger partial charge is 0.460 e. The highest BCUT2D eigenvalue weighted by Gasteiger charge is 2.88. The van der Waals surface area contributed by atoms with Gasteiger partial charge in [0.15, 0.2) is 6.10 Å². The summed E-state index contributed by atoms with van der Waals surface area (Å²) in [7, 11) is 0. The zero-order valence-corrected chi connectivity index (χ0v) is 13.6. The summed E-state index contributed by atoms with van der Waals surface area (Å²) < 4.78 is 147. The summed E-state index contributed by atoms with van der Waals surface area (Å²) in [5, 5.41) is 8.22. The molecule has 1 atom stereocenters. The van der Waals surface area contributed by atoms with Crippen LogP contribution in [0.15, 0.2) is 12.2 Å². The van der Waals surface area contributed by atoms with Crippen LogP contribution in [-0.4, -0.2) is 53.0 Å². The molecular formula is C13H11F11O4. The lowest BCUT2D eigenvalue weighted by molar-refractivity contribution is -0.429. The van der Waals surface area contributed by atoms with Crippen LogP contribution in [0.5, 0.6) is 0 Å². The van der Waals surface area contributed by atoms with Gasteiger partial charge in [-0.05, 0) is 5.92 Å². The van der Waals surface area contributed by atoms with Crippen molar-refractivity contribution in [3.8, 4) is 0 Å². The van der Waals surface area contributed by atoms with E-state index >= 15 is 0 Å². The number of halogens is 11. The Kier molecular flexibility index (Phi) is 7.16. The number of alkyl halides is 11. The summed E-state index contributed by atoms with van der Waals surface area (Å²) in [5.41, 5.74) is 0. The van der Waals surface area contributed by atoms with Crippen LogP contribution in [0.1, 0.15) is 13.8 Å². The normalized spacial score (nSPS) is 15.8. The van der Waals surface area contributed by atoms with E-state index in [1.165, 1.54) is 0 Å². The van der Waals surface area contributed by atoms with Gasteiger partial charge in [-0.2, -0.15) is 48.3 Å². The lowest BCUT2D eigenvalue weighted by Gasteiger charge is -2.40. The van der Waals surface area contributed by atoms with Crippen molar-refractivity contribution >= 4 is 11.9 Å². The molecule has 0 aliphatic rings. The third kappa shape index (κ3) is 4.48. The molecule has 0 aromatic rings. The third-order valence-corrected chi connectivity index (χ3v) is 3.13. The minimum atomic E-state index is -7.64. The summed E-state index contributed by atoms with van der Waals surface area (Å²) in [4.78, 5) is 21.3. The van der Waals surface area contributed by atoms with Gasteiger partial charge in [-0.15, -0.1) is 0 Å². The minimum Gasteiger partial charge on any atom is -0.478 e. The number of carbonyl (C=O) groups is 2. The fourth-order valence-corrected chi connectivity index (χ4v) is 1.70. The number of esters is 1. The number of rotatable bonds is 8. The molecule has 1 N–H and O–H groups in total. The number of carbonyl (C=O) groups excluding carboxylic acids is 1. The number of aliphatic carboxylic acids is 1. The summed E-state index contributed by atoms with van der Waals surface area (Å²) in [6.45, 7) is 1.14. The fraction of sp³-hybridized carbons (Fsp3) is 0.692. The zero-order chi connectivity index (χ0) is 22.9. The fourth-order valence-electron chi connectivity index (χ4n) is 1.70. The molecule has 0 aliphatic heterocycles. The first-order valence-electron chi connectivity index (χ1n) is 6.84. The highest BCUT2D eigenvalue weighted by Crippen LogP contribution is 2.58. The van der Waals surface area contributed by atoms with Gasteiger partial charge in [0, 0.05) is 12.2 Å². The van der Waals surface area contributed by atoms with E-state index in [1.807, 2.05) is 0 Å². The predicted octanol–water partition coefficient (Wildman–Crippen LogP) is 4.30. The zero-order valence-electron chi connectivity index (χ0n) is 13.6. The highest BCUT2D eigenvalue weighted by atomic mass is 19.4. The number of hydrogen-bond acceptors (Lipinski definition) is 3. The van der Waals surface area contributed by atoms with Crippen LogP contribution in [-0.2, 0) is 14.3 Å². The van der Waals surface area contributed by atoms with Crippen molar-refractivity contribution in [3.05, 3.63) is 12.2 Å². The van der Waals surface area contributed by atoms with Crippen LogP contribution in [0, 0.1) is 5.92 Å². The van der Waals surface area contributed by atoms with Gasteiger partial charge in [0.1, 0.15) is 0 Å². The van der Waals surface area contributed by atoms with E-state index in [4.69, 9.17) is 5.11 Å². The van der Waals surface area contributed by atoms with Crippen LogP contribution in [0.2, 0.25) is 0 Å². The molecule has 1 unspecified atom stereocenters. The lowest BCUT2D eigenvalue weighted by atomic mass is 9.89. The Balaban J connectivity index is 6.18. The second kappa shape index (κ2) is 7.73. The Morgan fingerprint density at radius 2 is 1.21 bits per heavy atom. The largest absolute Gasteiger partial charge is 0.478 e. The Bertz CT molecular complexity index is 622. The number of hydrogen-bond donors (Lipinski definition) is 1. The lowest BCUT2D eigenvalue weighted by Crippen LogP contribution is -2.69. The molecule has 0 bridgehead atoms. The molecule has 0 aromatic carbocycles. The number of carboxylic acids is 1. The van der Waals surface area contributed by atoms with Gasteiger partial charge in [-0.1, -0.05) is 13.8 Å². The molecule has 28 heavy (non-hydrogen) atoms. The van der Waals surface area contributed by atoms with Gasteiger partial charge >= 0.3 is 41.8 Å². The third-order valence-electron chi connectivity index (χ3n) is 3.13. The first kappa shape index (κ1) is 25.9. The average Bonchev–Trinajstić information content (AvgIpc) is 2.48. The van der Waals surface area contributed by atoms with Gasteiger partial charge in [-0.25, -0.2) is 9.59 Å². The topological polar surface area (TPSA) is 63.6 Å². The average molecular weight is 440 g/mol. The molecule has 0 amide bonds. The molecule has 0 fully saturated rings. The van der Waals surface area contributed by atoms with E-state index in [9.17, 15) is 57.9 Å². The van der Waals surface area contributed by atoms with E-state index in [0.717, 1.165) is 0 Å². The maximum atomic E-state index is 13.9. The van der Waals surface area contributed by atoms with E-state index < -0.39 is 53.8 Å². The highest BCUT2D eigenvalue weighted by molar-refractivity contribution is 5.90. The molecule has 0 saturated heterocycles. The molecule has 0 spiro atoms. The van der Waals surface area contributed by atoms with E-state index in [-0.39, 0.29) is 12.2 Å². The summed E-state index contributed by atoms with van der Waals surface area (Å²) >= 11 is 0. The summed E-state index contributed by atoms with van der Waals surface area (Å²) in [6.07, 6.45) is -11.1. The SMILES string of the molecule is CC(C)C(OC(=O)C=CC(=O)O)C(F)(F)C(F)(F)C(F)(F)C(F)(F)C(F)(F)F. The van der Waals surface area contributed by atoms with Gasteiger partial charge in [0.25, 0.3) is 0 Å². The molecule has 4 nitrogen and oxygen atoms in total. The van der Waals surface area contributed by atoms with Crippen LogP contribution >= 0.6 is 0 Å². The monoisotopic (exact) mass is 440 g/mol. The van der Waals surface area contributed by atoms with Crippen molar-refractivity contribution in [2.75, 3.05) is 0 Å². The second-order valence-electron chi connectivity index (χ2n) is 5.62. The van der Waals surface area contributed by atoms with Crippen molar-refractivity contribution in [2.45, 2.75) is 49.8 Å². The standard InChI is InChI=1S/C13H11F11O4/c1-5(2)8(28-7(27)4-3-6(25)26)9(14,15)10(16,17)11(18,19)12(20,21)13(22,23)24/h3-5,8H,1-2H3,(H,25,26). The summed E-state index contributed by atoms with van der Waals surface area (Å²) in [6, 6.07) is 0. The van der Waals surface area contributed by atoms with E-state index in [2.05, 4.69) is 4.74 Å². The second-order valence-corrected chi connectivity index (χ2v) is 5.62. The van der Waals surface area contributed by atoms with E-state index in [0.29, 0.717) is 13.8 Å². The van der Waals surface area contributed by atoms with Gasteiger partial charge in [-0.3, -0.25) is 0 Å². The van der Waals surface area contributed by atoms with Crippen molar-refractivity contribution in [2.24, 2.45) is 5.92 Å². The molecule has 0 radical (unpaired) electrons. The van der Waals surface area contributed by atoms with E-state index in [1.54, 1.807) is 0 Å². The molecule has 0 aromatic heterocycles. The number of carboxylic acid groups (broad SMARTS) is 1. The maximum Gasteiger partial charge on any atom is 0.460 e. The Labute approximate surface area is 148 Å². The molecule has 164 valence electrons. The predicted molar refractivity (Wildman–Crippen MR) is 67.3 cm³/mol. The van der Waals surface area contributed by atoms with Crippen LogP contribution in [0.4, 0.5) is 48.3 Å². The maximum absolute atomic E-state index is 13.9. The molecule has 15 heteroatoms. The van der Waals surface area contributed by atoms with Gasteiger partial charge in [0.2, 0.25) is 0 Å². The number of ether oxygens (including phenoxy) is 1. The van der Waals surface area contributed by atoms with Crippen molar-refractivity contribution < 1.29 is 67.7 Å². The molecular weight excluding hydrogens is 429 g/mol. The van der Waals surface area contributed by atoms with Crippen molar-refractivity contribution in [1.82, 2.24) is 0 Å². The molecule has 0 heterocycles. The molecule has 0 rings (SSSR count). The van der Waals surface area contributed by atoms with Crippen LogP contribution < -0.4 is 0 Å². The first-order valence-corrected chi connectivity index (χ1v) is 6.84. The Morgan fingerprint density at radius 1 is 0.786 bits per heavy atom. The Hall–Kier alpha value is -2.09. The first-order chi connectivity index (χ1) is 12.1. The van der Waals surface area contributed by atoms with Crippen LogP contribution in [0.25, 0.3) is 0 Å². The van der Waals surface area contributed by atoms with Crippen molar-refractivity contribution in [1.29, 1.82) is 0 Å². The Morgan fingerprint density at radius 3 is 1.54 bits per heavy atom. The minimum absolute atomic E-state index is 0.0254.